The molecular weight excluding hydrogens is 282 g/mol. The third-order valence-electron chi connectivity index (χ3n) is 3.89. The summed E-state index contributed by atoms with van der Waals surface area (Å²) in [5, 5.41) is 2.58. The normalized spacial score (nSPS) is 20.7. The van der Waals surface area contributed by atoms with Gasteiger partial charge in [0.1, 0.15) is 6.10 Å². The summed E-state index contributed by atoms with van der Waals surface area (Å²) in [7, 11) is 3.35. The molecule has 2 atom stereocenters. The van der Waals surface area contributed by atoms with Gasteiger partial charge in [-0.1, -0.05) is 12.1 Å². The van der Waals surface area contributed by atoms with E-state index < -0.39 is 0 Å². The predicted octanol–water partition coefficient (Wildman–Crippen LogP) is 0.511. The number of nitrogens with one attached hydrogen (secondary N) is 1. The highest BCUT2D eigenvalue weighted by molar-refractivity contribution is 5.93. The molecule has 1 aromatic carbocycles. The lowest BCUT2D eigenvalue weighted by Gasteiger charge is -2.21. The van der Waals surface area contributed by atoms with Gasteiger partial charge in [-0.2, -0.15) is 0 Å². The molecule has 1 fully saturated rings. The van der Waals surface area contributed by atoms with Crippen molar-refractivity contribution in [2.45, 2.75) is 31.6 Å². The van der Waals surface area contributed by atoms with E-state index in [0.29, 0.717) is 18.7 Å². The summed E-state index contributed by atoms with van der Waals surface area (Å²) in [6.45, 7) is 0.939. The molecular formula is C16H23N3O3. The van der Waals surface area contributed by atoms with Crippen molar-refractivity contribution < 1.29 is 14.3 Å². The Bertz CT molecular complexity index is 530. The highest BCUT2D eigenvalue weighted by Crippen LogP contribution is 2.21. The number of rotatable bonds is 5. The fraction of sp³-hybridized carbons (Fsp3) is 0.500. The monoisotopic (exact) mass is 305 g/mol. The van der Waals surface area contributed by atoms with Crippen molar-refractivity contribution in [1.82, 2.24) is 10.2 Å². The van der Waals surface area contributed by atoms with Crippen LogP contribution in [0.15, 0.2) is 24.3 Å². The van der Waals surface area contributed by atoms with E-state index in [0.717, 1.165) is 18.4 Å². The Morgan fingerprint density at radius 2 is 2.00 bits per heavy atom. The van der Waals surface area contributed by atoms with E-state index in [4.69, 9.17) is 10.5 Å². The first-order chi connectivity index (χ1) is 10.5. The Morgan fingerprint density at radius 1 is 1.32 bits per heavy atom. The molecule has 2 rings (SSSR count). The Hall–Kier alpha value is -1.92. The first-order valence-electron chi connectivity index (χ1n) is 7.46. The zero-order valence-corrected chi connectivity index (χ0v) is 13.0. The van der Waals surface area contributed by atoms with Crippen LogP contribution in [0.1, 0.15) is 28.8 Å². The minimum absolute atomic E-state index is 0.00538. The SMILES string of the molecule is CNC(=O)c1ccc(CN(C)C(=O)[C@@H]2CC[C@H](CN)O2)cc1. The lowest BCUT2D eigenvalue weighted by atomic mass is 10.1. The fourth-order valence-electron chi connectivity index (χ4n) is 2.56. The molecule has 0 saturated carbocycles. The van der Waals surface area contributed by atoms with Crippen molar-refractivity contribution in [2.75, 3.05) is 20.6 Å². The number of hydrogen-bond donors (Lipinski definition) is 2. The molecule has 0 radical (unpaired) electrons. The second-order valence-electron chi connectivity index (χ2n) is 5.53. The van der Waals surface area contributed by atoms with Gasteiger partial charge in [-0.05, 0) is 30.5 Å². The minimum atomic E-state index is -0.385. The molecule has 6 nitrogen and oxygen atoms in total. The van der Waals surface area contributed by atoms with Crippen LogP contribution < -0.4 is 11.1 Å². The summed E-state index contributed by atoms with van der Waals surface area (Å²) in [4.78, 5) is 25.5. The molecule has 0 unspecified atom stereocenters. The zero-order valence-electron chi connectivity index (χ0n) is 13.0. The Morgan fingerprint density at radius 3 is 2.55 bits per heavy atom. The van der Waals surface area contributed by atoms with Crippen molar-refractivity contribution in [3.8, 4) is 0 Å². The van der Waals surface area contributed by atoms with Crippen molar-refractivity contribution in [2.24, 2.45) is 5.73 Å². The van der Waals surface area contributed by atoms with Crippen LogP contribution in [0.4, 0.5) is 0 Å². The molecule has 1 heterocycles. The first kappa shape index (κ1) is 16.5. The topological polar surface area (TPSA) is 84.7 Å². The number of ether oxygens (including phenoxy) is 1. The summed E-state index contributed by atoms with van der Waals surface area (Å²) in [6, 6.07) is 7.21. The smallest absolute Gasteiger partial charge is 0.251 e. The molecule has 0 spiro atoms. The van der Waals surface area contributed by atoms with Crippen LogP contribution >= 0.6 is 0 Å². The number of carbonyl (C=O) groups is 2. The summed E-state index contributed by atoms with van der Waals surface area (Å²) < 4.78 is 5.63. The lowest BCUT2D eigenvalue weighted by Crippen LogP contribution is -2.36. The summed E-state index contributed by atoms with van der Waals surface area (Å²) in [5.41, 5.74) is 7.13. The molecule has 3 N–H and O–H groups in total. The number of nitrogens with two attached hydrogens (primary N) is 1. The van der Waals surface area contributed by atoms with Gasteiger partial charge >= 0.3 is 0 Å². The Labute approximate surface area is 130 Å². The number of benzene rings is 1. The predicted molar refractivity (Wildman–Crippen MR) is 83.3 cm³/mol. The number of hydrogen-bond acceptors (Lipinski definition) is 4. The van der Waals surface area contributed by atoms with E-state index in [2.05, 4.69) is 5.32 Å². The second kappa shape index (κ2) is 7.38. The maximum atomic E-state index is 12.3. The summed E-state index contributed by atoms with van der Waals surface area (Å²) >= 11 is 0. The van der Waals surface area contributed by atoms with Gasteiger partial charge in [-0.3, -0.25) is 9.59 Å². The van der Waals surface area contributed by atoms with Crippen LogP contribution in [0, 0.1) is 0 Å². The molecule has 22 heavy (non-hydrogen) atoms. The zero-order chi connectivity index (χ0) is 16.1. The fourth-order valence-corrected chi connectivity index (χ4v) is 2.56. The van der Waals surface area contributed by atoms with Gasteiger partial charge in [0.05, 0.1) is 6.10 Å². The number of amides is 2. The maximum absolute atomic E-state index is 12.3. The average molecular weight is 305 g/mol. The second-order valence-corrected chi connectivity index (χ2v) is 5.53. The number of likely N-dealkylation sites (N-methyl/N-ethyl adjacent to an activating group) is 1. The highest BCUT2D eigenvalue weighted by atomic mass is 16.5. The van der Waals surface area contributed by atoms with Gasteiger partial charge in [-0.25, -0.2) is 0 Å². The standard InChI is InChI=1S/C16H23N3O3/c1-18-15(20)12-5-3-11(4-6-12)10-19(2)16(21)14-8-7-13(9-17)22-14/h3-6,13-14H,7-10,17H2,1-2H3,(H,18,20)/t13-,14+/m1/s1. The van der Waals surface area contributed by atoms with E-state index in [-0.39, 0.29) is 24.0 Å². The van der Waals surface area contributed by atoms with Gasteiger partial charge < -0.3 is 20.7 Å². The minimum Gasteiger partial charge on any atom is -0.364 e. The molecule has 1 aromatic rings. The van der Waals surface area contributed by atoms with Crippen LogP contribution in [0.25, 0.3) is 0 Å². The van der Waals surface area contributed by atoms with Crippen LogP contribution in [-0.2, 0) is 16.1 Å². The van der Waals surface area contributed by atoms with Crippen LogP contribution in [-0.4, -0.2) is 49.6 Å². The van der Waals surface area contributed by atoms with Gasteiger partial charge in [0, 0.05) is 32.7 Å². The summed E-state index contributed by atoms with van der Waals surface area (Å²) in [6.07, 6.45) is 1.17. The number of nitrogens with zero attached hydrogens (tertiary/aromatic N) is 1. The molecule has 6 heteroatoms. The van der Waals surface area contributed by atoms with E-state index in [9.17, 15) is 9.59 Å². The summed E-state index contributed by atoms with van der Waals surface area (Å²) in [5.74, 6) is -0.144. The first-order valence-corrected chi connectivity index (χ1v) is 7.46. The molecule has 0 bridgehead atoms. The van der Waals surface area contributed by atoms with E-state index >= 15 is 0 Å². The van der Waals surface area contributed by atoms with Crippen LogP contribution in [0.2, 0.25) is 0 Å². The van der Waals surface area contributed by atoms with Crippen LogP contribution in [0.3, 0.4) is 0 Å². The molecule has 1 aliphatic heterocycles. The average Bonchev–Trinajstić information content (AvgIpc) is 3.03. The van der Waals surface area contributed by atoms with E-state index in [1.54, 1.807) is 31.1 Å². The van der Waals surface area contributed by atoms with E-state index in [1.807, 2.05) is 12.1 Å². The third-order valence-corrected chi connectivity index (χ3v) is 3.89. The Balaban J connectivity index is 1.92. The van der Waals surface area contributed by atoms with Gasteiger partial charge in [0.2, 0.25) is 0 Å². The maximum Gasteiger partial charge on any atom is 0.251 e. The molecule has 0 aliphatic carbocycles. The van der Waals surface area contributed by atoms with Gasteiger partial charge in [0.15, 0.2) is 0 Å². The van der Waals surface area contributed by atoms with Gasteiger partial charge in [0.25, 0.3) is 11.8 Å². The van der Waals surface area contributed by atoms with Crippen molar-refractivity contribution in [3.63, 3.8) is 0 Å². The van der Waals surface area contributed by atoms with Crippen molar-refractivity contribution in [3.05, 3.63) is 35.4 Å². The largest absolute Gasteiger partial charge is 0.364 e. The molecule has 1 aliphatic rings. The van der Waals surface area contributed by atoms with E-state index in [1.165, 1.54) is 0 Å². The lowest BCUT2D eigenvalue weighted by molar-refractivity contribution is -0.141. The quantitative estimate of drug-likeness (QED) is 0.830. The Kier molecular flexibility index (Phi) is 5.51. The van der Waals surface area contributed by atoms with Crippen LogP contribution in [0.5, 0.6) is 0 Å². The van der Waals surface area contributed by atoms with Crippen molar-refractivity contribution >= 4 is 11.8 Å². The number of carbonyl (C=O) groups excluding carboxylic acids is 2. The highest BCUT2D eigenvalue weighted by Gasteiger charge is 2.31. The molecule has 1 saturated heterocycles. The molecule has 120 valence electrons. The molecule has 0 aromatic heterocycles. The molecule has 2 amide bonds. The third kappa shape index (κ3) is 3.84. The van der Waals surface area contributed by atoms with Crippen molar-refractivity contribution in [1.29, 1.82) is 0 Å². The van der Waals surface area contributed by atoms with Gasteiger partial charge in [-0.15, -0.1) is 0 Å².